The molecule has 0 atom stereocenters. The molecular weight excluding hydrogens is 226 g/mol. The Morgan fingerprint density at radius 3 is 2.61 bits per heavy atom. The quantitative estimate of drug-likeness (QED) is 0.878. The van der Waals surface area contributed by atoms with Crippen LogP contribution >= 0.6 is 0 Å². The minimum absolute atomic E-state index is 0.687. The average molecular weight is 245 g/mol. The Labute approximate surface area is 108 Å². The van der Waals surface area contributed by atoms with Crippen molar-refractivity contribution in [2.75, 3.05) is 13.7 Å². The number of aryl methyl sites for hydroxylation is 1. The van der Waals surface area contributed by atoms with E-state index in [1.807, 2.05) is 49.8 Å². The molecule has 0 fully saturated rings. The Morgan fingerprint density at radius 1 is 1.28 bits per heavy atom. The van der Waals surface area contributed by atoms with Gasteiger partial charge >= 0.3 is 0 Å². The first-order valence-electron chi connectivity index (χ1n) is 6.17. The summed E-state index contributed by atoms with van der Waals surface area (Å²) in [4.78, 5) is 0. The highest BCUT2D eigenvalue weighted by Gasteiger charge is 2.05. The summed E-state index contributed by atoms with van der Waals surface area (Å²) in [5.41, 5.74) is 3.31. The van der Waals surface area contributed by atoms with Gasteiger partial charge in [-0.1, -0.05) is 0 Å². The van der Waals surface area contributed by atoms with Gasteiger partial charge in [-0.05, 0) is 45.2 Å². The molecule has 0 unspecified atom stereocenters. The third kappa shape index (κ3) is 2.71. The van der Waals surface area contributed by atoms with Crippen LogP contribution in [0, 0.1) is 6.92 Å². The lowest BCUT2D eigenvalue weighted by molar-refractivity contribution is 0.340. The first kappa shape index (κ1) is 12.6. The lowest BCUT2D eigenvalue weighted by Gasteiger charge is -2.04. The van der Waals surface area contributed by atoms with Gasteiger partial charge < -0.3 is 10.1 Å². The molecule has 2 aromatic rings. The fraction of sp³-hybridized carbons (Fsp3) is 0.357. The van der Waals surface area contributed by atoms with E-state index in [0.717, 1.165) is 23.7 Å². The van der Waals surface area contributed by atoms with E-state index in [0.29, 0.717) is 6.61 Å². The molecule has 1 N–H and O–H groups in total. The van der Waals surface area contributed by atoms with Crippen molar-refractivity contribution in [2.45, 2.75) is 20.4 Å². The van der Waals surface area contributed by atoms with Crippen molar-refractivity contribution in [3.8, 4) is 11.4 Å². The molecule has 0 aliphatic heterocycles. The molecule has 1 aromatic carbocycles. The van der Waals surface area contributed by atoms with Gasteiger partial charge in [0.2, 0.25) is 0 Å². The van der Waals surface area contributed by atoms with Gasteiger partial charge in [-0.2, -0.15) is 5.10 Å². The number of benzene rings is 1. The van der Waals surface area contributed by atoms with Crippen LogP contribution in [0.1, 0.15) is 18.2 Å². The molecule has 0 amide bonds. The summed E-state index contributed by atoms with van der Waals surface area (Å²) in [6.45, 7) is 5.53. The minimum Gasteiger partial charge on any atom is -0.494 e. The molecule has 0 spiro atoms. The molecular formula is C14H19N3O. The Balaban J connectivity index is 2.22. The van der Waals surface area contributed by atoms with Crippen molar-refractivity contribution in [2.24, 2.45) is 0 Å². The van der Waals surface area contributed by atoms with Gasteiger partial charge in [-0.25, -0.2) is 4.68 Å². The van der Waals surface area contributed by atoms with E-state index in [-0.39, 0.29) is 0 Å². The maximum atomic E-state index is 5.42. The van der Waals surface area contributed by atoms with Crippen LogP contribution in [0.5, 0.6) is 5.75 Å². The number of hydrogen-bond donors (Lipinski definition) is 1. The second-order valence-corrected chi connectivity index (χ2v) is 4.14. The number of rotatable bonds is 5. The molecule has 18 heavy (non-hydrogen) atoms. The van der Waals surface area contributed by atoms with Crippen molar-refractivity contribution in [3.05, 3.63) is 41.7 Å². The molecule has 0 radical (unpaired) electrons. The maximum absolute atomic E-state index is 5.42. The van der Waals surface area contributed by atoms with Crippen molar-refractivity contribution < 1.29 is 4.74 Å². The van der Waals surface area contributed by atoms with Crippen molar-refractivity contribution in [3.63, 3.8) is 0 Å². The number of nitrogens with one attached hydrogen (secondary N) is 1. The first-order valence-corrected chi connectivity index (χ1v) is 6.17. The Bertz CT molecular complexity index is 502. The topological polar surface area (TPSA) is 39.1 Å². The predicted molar refractivity (Wildman–Crippen MR) is 72.2 cm³/mol. The average Bonchev–Trinajstić information content (AvgIpc) is 2.73. The molecule has 1 heterocycles. The zero-order chi connectivity index (χ0) is 13.0. The van der Waals surface area contributed by atoms with Gasteiger partial charge in [0.25, 0.3) is 0 Å². The molecule has 4 heteroatoms. The largest absolute Gasteiger partial charge is 0.494 e. The van der Waals surface area contributed by atoms with E-state index in [2.05, 4.69) is 16.6 Å². The van der Waals surface area contributed by atoms with Crippen molar-refractivity contribution in [1.29, 1.82) is 0 Å². The Morgan fingerprint density at radius 2 is 2.00 bits per heavy atom. The molecule has 4 nitrogen and oxygen atoms in total. The van der Waals surface area contributed by atoms with Crippen molar-refractivity contribution in [1.82, 2.24) is 15.1 Å². The molecule has 2 rings (SSSR count). The van der Waals surface area contributed by atoms with Crippen LogP contribution in [0.2, 0.25) is 0 Å². The van der Waals surface area contributed by atoms with E-state index < -0.39 is 0 Å². The van der Waals surface area contributed by atoms with Crippen molar-refractivity contribution >= 4 is 0 Å². The summed E-state index contributed by atoms with van der Waals surface area (Å²) < 4.78 is 7.33. The molecule has 0 bridgehead atoms. The van der Waals surface area contributed by atoms with Crippen LogP contribution < -0.4 is 10.1 Å². The standard InChI is InChI=1S/C14H19N3O/c1-4-18-14-7-5-13(6-8-14)17-10-12(9-15-3)11(2)16-17/h5-8,10,15H,4,9H2,1-3H3. The Kier molecular flexibility index (Phi) is 3.99. The molecule has 0 saturated heterocycles. The zero-order valence-electron chi connectivity index (χ0n) is 11.1. The Hall–Kier alpha value is -1.81. The molecule has 0 saturated carbocycles. The van der Waals surface area contributed by atoms with E-state index in [4.69, 9.17) is 4.74 Å². The van der Waals surface area contributed by atoms with Gasteiger partial charge in [0, 0.05) is 18.3 Å². The fourth-order valence-electron chi connectivity index (χ4n) is 1.85. The summed E-state index contributed by atoms with van der Waals surface area (Å²) in [7, 11) is 1.94. The summed E-state index contributed by atoms with van der Waals surface area (Å²) >= 11 is 0. The second-order valence-electron chi connectivity index (χ2n) is 4.14. The lowest BCUT2D eigenvalue weighted by Crippen LogP contribution is -2.05. The van der Waals surface area contributed by atoms with Crippen LogP contribution in [0.3, 0.4) is 0 Å². The van der Waals surface area contributed by atoms with Crippen LogP contribution in [-0.4, -0.2) is 23.4 Å². The van der Waals surface area contributed by atoms with Crippen LogP contribution in [-0.2, 0) is 6.54 Å². The van der Waals surface area contributed by atoms with E-state index >= 15 is 0 Å². The van der Waals surface area contributed by atoms with Gasteiger partial charge in [0.05, 0.1) is 18.0 Å². The van der Waals surface area contributed by atoms with E-state index in [9.17, 15) is 0 Å². The fourth-order valence-corrected chi connectivity index (χ4v) is 1.85. The number of aromatic nitrogens is 2. The summed E-state index contributed by atoms with van der Waals surface area (Å²) in [5, 5.41) is 7.65. The zero-order valence-corrected chi connectivity index (χ0v) is 11.1. The predicted octanol–water partition coefficient (Wildman–Crippen LogP) is 2.30. The molecule has 0 aliphatic rings. The maximum Gasteiger partial charge on any atom is 0.119 e. The molecule has 1 aromatic heterocycles. The normalized spacial score (nSPS) is 10.6. The molecule has 96 valence electrons. The third-order valence-corrected chi connectivity index (χ3v) is 2.78. The summed E-state index contributed by atoms with van der Waals surface area (Å²) in [5.74, 6) is 0.889. The number of hydrogen-bond acceptors (Lipinski definition) is 3. The van der Waals surface area contributed by atoms with Gasteiger partial charge in [0.1, 0.15) is 5.75 Å². The SMILES string of the molecule is CCOc1ccc(-n2cc(CNC)c(C)n2)cc1. The van der Waals surface area contributed by atoms with E-state index in [1.54, 1.807) is 0 Å². The third-order valence-electron chi connectivity index (χ3n) is 2.78. The number of nitrogens with zero attached hydrogens (tertiary/aromatic N) is 2. The van der Waals surface area contributed by atoms with Gasteiger partial charge in [0.15, 0.2) is 0 Å². The summed E-state index contributed by atoms with van der Waals surface area (Å²) in [6.07, 6.45) is 2.06. The highest BCUT2D eigenvalue weighted by Crippen LogP contribution is 2.16. The lowest BCUT2D eigenvalue weighted by atomic mass is 10.2. The smallest absolute Gasteiger partial charge is 0.119 e. The molecule has 0 aliphatic carbocycles. The minimum atomic E-state index is 0.687. The van der Waals surface area contributed by atoms with Crippen LogP contribution in [0.4, 0.5) is 0 Å². The number of ether oxygens (including phenoxy) is 1. The van der Waals surface area contributed by atoms with Gasteiger partial charge in [-0.15, -0.1) is 0 Å². The van der Waals surface area contributed by atoms with Crippen LogP contribution in [0.25, 0.3) is 5.69 Å². The van der Waals surface area contributed by atoms with E-state index in [1.165, 1.54) is 5.56 Å². The monoisotopic (exact) mass is 245 g/mol. The van der Waals surface area contributed by atoms with Crippen LogP contribution in [0.15, 0.2) is 30.5 Å². The first-order chi connectivity index (χ1) is 8.74. The highest BCUT2D eigenvalue weighted by atomic mass is 16.5. The van der Waals surface area contributed by atoms with Gasteiger partial charge in [-0.3, -0.25) is 0 Å². The highest BCUT2D eigenvalue weighted by molar-refractivity contribution is 5.37. The summed E-state index contributed by atoms with van der Waals surface area (Å²) in [6, 6.07) is 7.96. The second kappa shape index (κ2) is 5.69.